The fourth-order valence-electron chi connectivity index (χ4n) is 5.78. The van der Waals surface area contributed by atoms with E-state index >= 15 is 0 Å². The molecule has 4 N–H and O–H groups in total. The Kier molecular flexibility index (Phi) is 10.1. The Hall–Kier alpha value is -4.65. The number of nitrogens with one attached hydrogen (secondary N) is 4. The number of carbonyl (C=O) groups is 2. The number of ether oxygens (including phenoxy) is 1. The highest BCUT2D eigenvalue weighted by molar-refractivity contribution is 5.86. The lowest BCUT2D eigenvalue weighted by molar-refractivity contribution is -0.143. The molecule has 0 unspecified atom stereocenters. The Balaban J connectivity index is 1.22. The van der Waals surface area contributed by atoms with E-state index in [2.05, 4.69) is 48.5 Å². The number of nitrogens with zero attached hydrogens (tertiary/aromatic N) is 3. The summed E-state index contributed by atoms with van der Waals surface area (Å²) in [6.45, 7) is 9.68. The first-order valence-corrected chi connectivity index (χ1v) is 15.2. The molecule has 2 amide bonds. The number of halogens is 3. The molecule has 3 atom stereocenters. The van der Waals surface area contributed by atoms with Crippen LogP contribution in [-0.2, 0) is 9.53 Å². The molecular formula is C33H38F3N7O3. The first-order chi connectivity index (χ1) is 22.0. The molecule has 5 rings (SSSR count). The van der Waals surface area contributed by atoms with Crippen LogP contribution < -0.4 is 10.6 Å². The van der Waals surface area contributed by atoms with Crippen LogP contribution in [0.25, 0.3) is 22.4 Å². The van der Waals surface area contributed by atoms with Gasteiger partial charge >= 0.3 is 12.3 Å². The van der Waals surface area contributed by atoms with Crippen LogP contribution in [0.4, 0.5) is 18.0 Å². The van der Waals surface area contributed by atoms with Gasteiger partial charge in [0.25, 0.3) is 0 Å². The highest BCUT2D eigenvalue weighted by Gasteiger charge is 2.38. The van der Waals surface area contributed by atoms with Crippen LogP contribution in [0.2, 0.25) is 0 Å². The monoisotopic (exact) mass is 637 g/mol. The second-order valence-electron chi connectivity index (χ2n) is 11.5. The molecule has 13 heteroatoms. The number of imidazole rings is 2. The number of amides is 2. The number of methoxy groups -OCH3 is 1. The van der Waals surface area contributed by atoms with Crippen molar-refractivity contribution < 1.29 is 27.5 Å². The lowest BCUT2D eigenvalue weighted by Crippen LogP contribution is -2.48. The molecule has 0 bridgehead atoms. The molecule has 4 heterocycles. The number of benzene rings is 1. The minimum Gasteiger partial charge on any atom is -0.453 e. The van der Waals surface area contributed by atoms with Crippen molar-refractivity contribution >= 4 is 23.1 Å². The van der Waals surface area contributed by atoms with E-state index in [-0.39, 0.29) is 6.04 Å². The minimum absolute atomic E-state index is 0.254. The third-order valence-corrected chi connectivity index (χ3v) is 8.32. The van der Waals surface area contributed by atoms with Crippen LogP contribution in [0.5, 0.6) is 0 Å². The quantitative estimate of drug-likeness (QED) is 0.185. The van der Waals surface area contributed by atoms with Crippen LogP contribution in [0.15, 0.2) is 62.0 Å². The molecule has 244 valence electrons. The number of hydrogen-bond donors (Lipinski definition) is 4. The number of carbonyl (C=O) groups excluding carboxylic acids is 2. The van der Waals surface area contributed by atoms with Crippen molar-refractivity contribution in [2.45, 2.75) is 62.8 Å². The summed E-state index contributed by atoms with van der Waals surface area (Å²) in [4.78, 5) is 42.2. The Bertz CT molecular complexity index is 1590. The lowest BCUT2D eigenvalue weighted by Gasteiger charge is -2.28. The molecular weight excluding hydrogens is 599 g/mol. The van der Waals surface area contributed by atoms with Gasteiger partial charge in [-0.25, -0.2) is 14.8 Å². The molecule has 0 saturated carbocycles. The third kappa shape index (κ3) is 7.94. The van der Waals surface area contributed by atoms with Crippen molar-refractivity contribution in [3.63, 3.8) is 0 Å². The fourth-order valence-corrected chi connectivity index (χ4v) is 5.78. The molecule has 0 spiro atoms. The number of allylic oxidation sites excluding steroid dienone is 4. The minimum atomic E-state index is -4.47. The summed E-state index contributed by atoms with van der Waals surface area (Å²) in [5.74, 6) is 0.841. The van der Waals surface area contributed by atoms with Gasteiger partial charge in [-0.3, -0.25) is 4.79 Å². The van der Waals surface area contributed by atoms with Gasteiger partial charge < -0.3 is 30.2 Å². The highest BCUT2D eigenvalue weighted by Crippen LogP contribution is 2.33. The van der Waals surface area contributed by atoms with Crippen LogP contribution in [0.1, 0.15) is 73.5 Å². The molecule has 2 aliphatic heterocycles. The summed E-state index contributed by atoms with van der Waals surface area (Å²) in [5, 5.41) is 5.69. The summed E-state index contributed by atoms with van der Waals surface area (Å²) in [5.41, 5.74) is 4.97. The van der Waals surface area contributed by atoms with Gasteiger partial charge in [0.1, 0.15) is 17.7 Å². The predicted octanol–water partition coefficient (Wildman–Crippen LogP) is 6.24. The average molecular weight is 638 g/mol. The van der Waals surface area contributed by atoms with Gasteiger partial charge in [0.15, 0.2) is 0 Å². The van der Waals surface area contributed by atoms with E-state index in [4.69, 9.17) is 0 Å². The van der Waals surface area contributed by atoms with Gasteiger partial charge in [0, 0.05) is 13.0 Å². The molecule has 2 aliphatic rings. The zero-order chi connectivity index (χ0) is 32.8. The number of likely N-dealkylation sites (tertiary alicyclic amines) is 1. The normalized spacial score (nSPS) is 19.0. The van der Waals surface area contributed by atoms with E-state index in [0.29, 0.717) is 25.2 Å². The number of alkyl carbamates (subject to hydrolysis) is 1. The standard InChI is InChI=1S/C33H38F3N7O3/c1-20(8-9-21(2)26-18-38-29(40-26)24-6-4-16-37-24)22-10-12-23(13-11-22)27-19-39-30(41-27)28-7-5-17-43(28)31(44)25(42-32(45)46-3)14-15-33(34,35)36/h8-13,18-19,24-25,28,37H,1-2,4-7,14-17H2,3H3,(H,38,40)(H,39,41)(H,42,45)/b9-8-/t24-,25-,28-/m0/s1. The molecule has 0 aliphatic carbocycles. The Morgan fingerprint density at radius 3 is 2.50 bits per heavy atom. The van der Waals surface area contributed by atoms with Crippen molar-refractivity contribution in [3.05, 3.63) is 84.9 Å². The molecule has 2 aromatic heterocycles. The van der Waals surface area contributed by atoms with Gasteiger partial charge in [-0.05, 0) is 60.9 Å². The van der Waals surface area contributed by atoms with Gasteiger partial charge in [-0.2, -0.15) is 13.2 Å². The SMILES string of the molecule is C=C(/C=C\C(=C)c1cnc([C@@H]2CCCN2)[nH]1)c1ccc(-c2cnc([C@@H]3CCCN3C(=O)[C@H](CCC(F)(F)F)NC(=O)OC)[nH]2)cc1. The van der Waals surface area contributed by atoms with Crippen molar-refractivity contribution in [1.82, 2.24) is 35.5 Å². The lowest BCUT2D eigenvalue weighted by atomic mass is 10.0. The van der Waals surface area contributed by atoms with Crippen molar-refractivity contribution in [3.8, 4) is 11.3 Å². The number of H-pyrrole nitrogens is 2. The highest BCUT2D eigenvalue weighted by atomic mass is 19.4. The van der Waals surface area contributed by atoms with Crippen LogP contribution in [-0.4, -0.2) is 69.3 Å². The van der Waals surface area contributed by atoms with E-state index in [9.17, 15) is 22.8 Å². The largest absolute Gasteiger partial charge is 0.453 e. The first kappa shape index (κ1) is 32.7. The van der Waals surface area contributed by atoms with Crippen molar-refractivity contribution in [2.24, 2.45) is 0 Å². The van der Waals surface area contributed by atoms with Crippen LogP contribution in [0, 0.1) is 0 Å². The maximum Gasteiger partial charge on any atom is 0.407 e. The molecule has 46 heavy (non-hydrogen) atoms. The summed E-state index contributed by atoms with van der Waals surface area (Å²) in [6, 6.07) is 6.17. The summed E-state index contributed by atoms with van der Waals surface area (Å²) >= 11 is 0. The summed E-state index contributed by atoms with van der Waals surface area (Å²) in [6.07, 6.45) is 3.45. The smallest absolute Gasteiger partial charge is 0.407 e. The first-order valence-electron chi connectivity index (χ1n) is 15.2. The number of aromatic nitrogens is 4. The number of alkyl halides is 3. The molecule has 0 radical (unpaired) electrons. The van der Waals surface area contributed by atoms with Gasteiger partial charge in [-0.1, -0.05) is 49.6 Å². The van der Waals surface area contributed by atoms with Crippen molar-refractivity contribution in [2.75, 3.05) is 20.2 Å². The second kappa shape index (κ2) is 14.2. The van der Waals surface area contributed by atoms with Gasteiger partial charge in [0.2, 0.25) is 5.91 Å². The Morgan fingerprint density at radius 2 is 1.80 bits per heavy atom. The third-order valence-electron chi connectivity index (χ3n) is 8.32. The van der Waals surface area contributed by atoms with Gasteiger partial charge in [-0.15, -0.1) is 0 Å². The predicted molar refractivity (Wildman–Crippen MR) is 168 cm³/mol. The second-order valence-corrected chi connectivity index (χ2v) is 11.5. The summed E-state index contributed by atoms with van der Waals surface area (Å²) < 4.78 is 43.3. The van der Waals surface area contributed by atoms with E-state index in [1.54, 1.807) is 12.4 Å². The van der Waals surface area contributed by atoms with Crippen LogP contribution in [0.3, 0.4) is 0 Å². The van der Waals surface area contributed by atoms with Crippen molar-refractivity contribution in [1.29, 1.82) is 0 Å². The maximum absolute atomic E-state index is 13.3. The van der Waals surface area contributed by atoms with E-state index in [1.807, 2.05) is 36.4 Å². The van der Waals surface area contributed by atoms with E-state index in [0.717, 1.165) is 66.0 Å². The van der Waals surface area contributed by atoms with Gasteiger partial charge in [0.05, 0.1) is 43.0 Å². The topological polar surface area (TPSA) is 128 Å². The number of hydrogen-bond acceptors (Lipinski definition) is 6. The molecule has 2 fully saturated rings. The summed E-state index contributed by atoms with van der Waals surface area (Å²) in [7, 11) is 1.09. The molecule has 3 aromatic rings. The fraction of sp³-hybridized carbons (Fsp3) is 0.394. The van der Waals surface area contributed by atoms with E-state index in [1.165, 1.54) is 4.90 Å². The zero-order valence-electron chi connectivity index (χ0n) is 25.6. The van der Waals surface area contributed by atoms with E-state index < -0.39 is 43.1 Å². The number of aromatic amines is 2. The molecule has 10 nitrogen and oxygen atoms in total. The average Bonchev–Trinajstić information content (AvgIpc) is 3.86. The Morgan fingerprint density at radius 1 is 1.07 bits per heavy atom. The maximum atomic E-state index is 13.3. The van der Waals surface area contributed by atoms with Crippen LogP contribution >= 0.6 is 0 Å². The Labute approximate surface area is 265 Å². The number of rotatable bonds is 11. The zero-order valence-corrected chi connectivity index (χ0v) is 25.6. The molecule has 2 saturated heterocycles. The molecule has 1 aromatic carbocycles.